The summed E-state index contributed by atoms with van der Waals surface area (Å²) in [5.74, 6) is 1.78. The largest absolute Gasteiger partial charge is 0.381 e. The third-order valence-electron chi connectivity index (χ3n) is 4.05. The first-order chi connectivity index (χ1) is 7.40. The molecule has 88 valence electrons. The average Bonchev–Trinajstić information content (AvgIpc) is 2.89. The molecule has 0 spiro atoms. The summed E-state index contributed by atoms with van der Waals surface area (Å²) < 4.78 is 5.47. The Hall–Kier alpha value is -0.0800. The molecule has 2 unspecified atom stereocenters. The smallest absolute Gasteiger partial charge is 0.0495 e. The summed E-state index contributed by atoms with van der Waals surface area (Å²) >= 11 is 0. The van der Waals surface area contributed by atoms with Gasteiger partial charge in [0.15, 0.2) is 0 Å². The van der Waals surface area contributed by atoms with Crippen LogP contribution in [0.3, 0.4) is 0 Å². The number of rotatable bonds is 5. The second-order valence-electron chi connectivity index (χ2n) is 5.17. The third-order valence-corrected chi connectivity index (χ3v) is 4.05. The van der Waals surface area contributed by atoms with Crippen molar-refractivity contribution in [3.05, 3.63) is 0 Å². The van der Waals surface area contributed by atoms with Gasteiger partial charge in [-0.1, -0.05) is 19.8 Å². The van der Waals surface area contributed by atoms with Gasteiger partial charge in [-0.05, 0) is 44.1 Å². The highest BCUT2D eigenvalue weighted by molar-refractivity contribution is 4.83. The lowest BCUT2D eigenvalue weighted by Gasteiger charge is -2.26. The van der Waals surface area contributed by atoms with Gasteiger partial charge in [-0.15, -0.1) is 0 Å². The Morgan fingerprint density at radius 2 is 2.07 bits per heavy atom. The molecule has 0 aromatic rings. The second-order valence-corrected chi connectivity index (χ2v) is 5.17. The normalized spacial score (nSPS) is 29.8. The SMILES string of the molecule is CCNC(CC1CCOC1)C1CCCC1. The molecule has 0 aromatic carbocycles. The zero-order valence-electron chi connectivity index (χ0n) is 10.0. The fourth-order valence-electron chi connectivity index (χ4n) is 3.19. The molecule has 2 atom stereocenters. The highest BCUT2D eigenvalue weighted by Crippen LogP contribution is 2.31. The monoisotopic (exact) mass is 211 g/mol. The molecule has 0 bridgehead atoms. The molecule has 15 heavy (non-hydrogen) atoms. The summed E-state index contributed by atoms with van der Waals surface area (Å²) in [7, 11) is 0. The number of ether oxygens (including phenoxy) is 1. The van der Waals surface area contributed by atoms with Crippen LogP contribution >= 0.6 is 0 Å². The Morgan fingerprint density at radius 1 is 1.27 bits per heavy atom. The van der Waals surface area contributed by atoms with Crippen molar-refractivity contribution in [3.63, 3.8) is 0 Å². The van der Waals surface area contributed by atoms with Gasteiger partial charge < -0.3 is 10.1 Å². The molecule has 2 heteroatoms. The molecule has 1 aliphatic heterocycles. The van der Waals surface area contributed by atoms with Crippen molar-refractivity contribution >= 4 is 0 Å². The Kier molecular flexibility index (Phi) is 4.45. The van der Waals surface area contributed by atoms with Gasteiger partial charge in [0.1, 0.15) is 0 Å². The van der Waals surface area contributed by atoms with E-state index in [2.05, 4.69) is 12.2 Å². The van der Waals surface area contributed by atoms with E-state index in [4.69, 9.17) is 4.74 Å². The number of hydrogen-bond donors (Lipinski definition) is 1. The van der Waals surface area contributed by atoms with Crippen molar-refractivity contribution < 1.29 is 4.74 Å². The van der Waals surface area contributed by atoms with Gasteiger partial charge in [-0.25, -0.2) is 0 Å². The maximum absolute atomic E-state index is 5.47. The minimum atomic E-state index is 0.768. The maximum Gasteiger partial charge on any atom is 0.0495 e. The lowest BCUT2D eigenvalue weighted by Crippen LogP contribution is -2.36. The number of nitrogens with one attached hydrogen (secondary N) is 1. The zero-order chi connectivity index (χ0) is 10.5. The highest BCUT2D eigenvalue weighted by atomic mass is 16.5. The molecule has 1 aliphatic carbocycles. The van der Waals surface area contributed by atoms with Gasteiger partial charge in [-0.3, -0.25) is 0 Å². The van der Waals surface area contributed by atoms with Crippen molar-refractivity contribution in [1.29, 1.82) is 0 Å². The Balaban J connectivity index is 1.81. The minimum absolute atomic E-state index is 0.768. The average molecular weight is 211 g/mol. The molecular formula is C13H25NO. The second kappa shape index (κ2) is 5.86. The summed E-state index contributed by atoms with van der Waals surface area (Å²) in [6, 6.07) is 0.768. The van der Waals surface area contributed by atoms with Crippen LogP contribution in [0.5, 0.6) is 0 Å². The standard InChI is InChI=1S/C13H25NO/c1-2-14-13(12-5-3-4-6-12)9-11-7-8-15-10-11/h11-14H,2-10H2,1H3. The Labute approximate surface area is 93.8 Å². The van der Waals surface area contributed by atoms with Gasteiger partial charge in [0.05, 0.1) is 0 Å². The van der Waals surface area contributed by atoms with Crippen LogP contribution in [0.1, 0.15) is 45.4 Å². The van der Waals surface area contributed by atoms with E-state index in [-0.39, 0.29) is 0 Å². The van der Waals surface area contributed by atoms with Crippen LogP contribution in [0.4, 0.5) is 0 Å². The Bertz CT molecular complexity index is 171. The van der Waals surface area contributed by atoms with E-state index >= 15 is 0 Å². The van der Waals surface area contributed by atoms with Crippen LogP contribution in [0, 0.1) is 11.8 Å². The summed E-state index contributed by atoms with van der Waals surface area (Å²) in [6.07, 6.45) is 8.44. The van der Waals surface area contributed by atoms with E-state index < -0.39 is 0 Å². The molecule has 0 radical (unpaired) electrons. The van der Waals surface area contributed by atoms with Crippen LogP contribution in [0.15, 0.2) is 0 Å². The minimum Gasteiger partial charge on any atom is -0.381 e. The van der Waals surface area contributed by atoms with Crippen molar-refractivity contribution in [2.75, 3.05) is 19.8 Å². The summed E-state index contributed by atoms with van der Waals surface area (Å²) in [4.78, 5) is 0. The molecule has 1 saturated heterocycles. The summed E-state index contributed by atoms with van der Waals surface area (Å²) in [5, 5.41) is 3.70. The molecule has 0 amide bonds. The first-order valence-corrected chi connectivity index (χ1v) is 6.71. The first kappa shape index (κ1) is 11.4. The zero-order valence-corrected chi connectivity index (χ0v) is 10.0. The van der Waals surface area contributed by atoms with E-state index in [0.717, 1.165) is 37.6 Å². The molecule has 2 fully saturated rings. The fraction of sp³-hybridized carbons (Fsp3) is 1.00. The van der Waals surface area contributed by atoms with Crippen LogP contribution in [-0.2, 0) is 4.74 Å². The number of hydrogen-bond acceptors (Lipinski definition) is 2. The van der Waals surface area contributed by atoms with E-state index in [1.807, 2.05) is 0 Å². The Morgan fingerprint density at radius 3 is 2.67 bits per heavy atom. The first-order valence-electron chi connectivity index (χ1n) is 6.71. The van der Waals surface area contributed by atoms with E-state index in [9.17, 15) is 0 Å². The molecule has 1 heterocycles. The van der Waals surface area contributed by atoms with E-state index in [1.165, 1.54) is 38.5 Å². The molecule has 1 N–H and O–H groups in total. The fourth-order valence-corrected chi connectivity index (χ4v) is 3.19. The van der Waals surface area contributed by atoms with E-state index in [0.29, 0.717) is 0 Å². The third kappa shape index (κ3) is 3.18. The van der Waals surface area contributed by atoms with Crippen molar-refractivity contribution in [3.8, 4) is 0 Å². The van der Waals surface area contributed by atoms with Gasteiger partial charge >= 0.3 is 0 Å². The summed E-state index contributed by atoms with van der Waals surface area (Å²) in [5.41, 5.74) is 0. The molecule has 0 aromatic heterocycles. The topological polar surface area (TPSA) is 21.3 Å². The van der Waals surface area contributed by atoms with Crippen LogP contribution in [0.2, 0.25) is 0 Å². The molecule has 2 nitrogen and oxygen atoms in total. The van der Waals surface area contributed by atoms with Crippen LogP contribution in [-0.4, -0.2) is 25.8 Å². The quantitative estimate of drug-likeness (QED) is 0.754. The molecular weight excluding hydrogens is 186 g/mol. The summed E-state index contributed by atoms with van der Waals surface area (Å²) in [6.45, 7) is 5.35. The van der Waals surface area contributed by atoms with Crippen molar-refractivity contribution in [2.24, 2.45) is 11.8 Å². The van der Waals surface area contributed by atoms with Gasteiger partial charge in [0, 0.05) is 19.3 Å². The van der Waals surface area contributed by atoms with Crippen molar-refractivity contribution in [2.45, 2.75) is 51.5 Å². The van der Waals surface area contributed by atoms with Gasteiger partial charge in [0.25, 0.3) is 0 Å². The van der Waals surface area contributed by atoms with Crippen LogP contribution in [0.25, 0.3) is 0 Å². The van der Waals surface area contributed by atoms with Gasteiger partial charge in [0.2, 0.25) is 0 Å². The lowest BCUT2D eigenvalue weighted by atomic mass is 9.89. The van der Waals surface area contributed by atoms with E-state index in [1.54, 1.807) is 0 Å². The molecule has 2 rings (SSSR count). The van der Waals surface area contributed by atoms with Crippen molar-refractivity contribution in [1.82, 2.24) is 5.32 Å². The molecule has 1 saturated carbocycles. The predicted octanol–water partition coefficient (Wildman–Crippen LogP) is 2.58. The predicted molar refractivity (Wildman–Crippen MR) is 63.0 cm³/mol. The van der Waals surface area contributed by atoms with Crippen LogP contribution < -0.4 is 5.32 Å². The van der Waals surface area contributed by atoms with Gasteiger partial charge in [-0.2, -0.15) is 0 Å². The molecule has 2 aliphatic rings. The maximum atomic E-state index is 5.47. The highest BCUT2D eigenvalue weighted by Gasteiger charge is 2.28. The lowest BCUT2D eigenvalue weighted by molar-refractivity contribution is 0.177.